The maximum atomic E-state index is 13.1. The minimum atomic E-state index is -4.46. The summed E-state index contributed by atoms with van der Waals surface area (Å²) in [6.45, 7) is 0.368. The zero-order valence-corrected chi connectivity index (χ0v) is 13.3. The summed E-state index contributed by atoms with van der Waals surface area (Å²) in [7, 11) is 1.68. The van der Waals surface area contributed by atoms with E-state index in [4.69, 9.17) is 4.74 Å². The van der Waals surface area contributed by atoms with E-state index < -0.39 is 11.7 Å². The first-order valence-corrected chi connectivity index (χ1v) is 7.26. The molecule has 112 valence electrons. The Morgan fingerprint density at radius 2 is 1.76 bits per heavy atom. The molecule has 1 N–H and O–H groups in total. The van der Waals surface area contributed by atoms with Crippen molar-refractivity contribution in [3.63, 3.8) is 0 Å². The number of benzene rings is 2. The van der Waals surface area contributed by atoms with Gasteiger partial charge in [-0.1, -0.05) is 6.07 Å². The van der Waals surface area contributed by atoms with Crippen LogP contribution in [0.2, 0.25) is 0 Å². The predicted octanol–water partition coefficient (Wildman–Crippen LogP) is 4.82. The van der Waals surface area contributed by atoms with Crippen molar-refractivity contribution in [2.24, 2.45) is 0 Å². The van der Waals surface area contributed by atoms with Crippen LogP contribution in [0.4, 0.5) is 13.2 Å². The zero-order chi connectivity index (χ0) is 15.5. The summed E-state index contributed by atoms with van der Waals surface area (Å²) in [5, 5.41) is 2.83. The third-order valence-corrected chi connectivity index (χ3v) is 3.49. The molecule has 0 amide bonds. The molecule has 2 rings (SSSR count). The molecule has 2 nitrogen and oxygen atoms in total. The molecular weight excluding hydrogens is 394 g/mol. The van der Waals surface area contributed by atoms with E-state index in [0.29, 0.717) is 17.9 Å². The van der Waals surface area contributed by atoms with Gasteiger partial charge in [0.15, 0.2) is 0 Å². The van der Waals surface area contributed by atoms with Gasteiger partial charge in [0.25, 0.3) is 0 Å². The SMILES string of the molecule is CNCc1ccc(Oc2ccc(I)cc2)c(C(F)(F)F)c1. The van der Waals surface area contributed by atoms with Crippen LogP contribution in [0.5, 0.6) is 11.5 Å². The fourth-order valence-corrected chi connectivity index (χ4v) is 2.19. The molecule has 0 spiro atoms. The van der Waals surface area contributed by atoms with Crippen molar-refractivity contribution in [2.45, 2.75) is 12.7 Å². The van der Waals surface area contributed by atoms with Crippen LogP contribution in [-0.2, 0) is 12.7 Å². The van der Waals surface area contributed by atoms with E-state index in [1.807, 2.05) is 0 Å². The van der Waals surface area contributed by atoms with Crippen molar-refractivity contribution in [3.8, 4) is 11.5 Å². The Hall–Kier alpha value is -1.28. The van der Waals surface area contributed by atoms with Gasteiger partial charge in [-0.05, 0) is 71.6 Å². The summed E-state index contributed by atoms with van der Waals surface area (Å²) in [4.78, 5) is 0. The van der Waals surface area contributed by atoms with E-state index in [0.717, 1.165) is 9.64 Å². The van der Waals surface area contributed by atoms with E-state index in [2.05, 4.69) is 27.9 Å². The highest BCUT2D eigenvalue weighted by Gasteiger charge is 2.34. The molecule has 0 aliphatic carbocycles. The molecule has 0 aliphatic rings. The Morgan fingerprint density at radius 3 is 2.33 bits per heavy atom. The molecule has 0 saturated heterocycles. The van der Waals surface area contributed by atoms with Crippen molar-refractivity contribution in [1.29, 1.82) is 0 Å². The predicted molar refractivity (Wildman–Crippen MR) is 83.4 cm³/mol. The maximum Gasteiger partial charge on any atom is 0.419 e. The number of ether oxygens (including phenoxy) is 1. The van der Waals surface area contributed by atoms with Crippen LogP contribution in [0.3, 0.4) is 0 Å². The monoisotopic (exact) mass is 407 g/mol. The van der Waals surface area contributed by atoms with Crippen LogP contribution in [0.15, 0.2) is 42.5 Å². The minimum absolute atomic E-state index is 0.191. The molecule has 0 aromatic heterocycles. The van der Waals surface area contributed by atoms with E-state index in [1.165, 1.54) is 6.07 Å². The summed E-state index contributed by atoms with van der Waals surface area (Å²) < 4.78 is 45.8. The van der Waals surface area contributed by atoms with Gasteiger partial charge in [-0.3, -0.25) is 0 Å². The van der Waals surface area contributed by atoms with E-state index in [1.54, 1.807) is 37.4 Å². The Kier molecular flexibility index (Phi) is 5.10. The second kappa shape index (κ2) is 6.65. The summed E-state index contributed by atoms with van der Waals surface area (Å²) in [6, 6.07) is 10.9. The minimum Gasteiger partial charge on any atom is -0.457 e. The molecule has 0 unspecified atom stereocenters. The van der Waals surface area contributed by atoms with Gasteiger partial charge in [0.2, 0.25) is 0 Å². The Bertz CT molecular complexity index is 611. The zero-order valence-electron chi connectivity index (χ0n) is 11.2. The molecule has 0 radical (unpaired) electrons. The number of alkyl halides is 3. The molecule has 2 aromatic rings. The third-order valence-electron chi connectivity index (χ3n) is 2.77. The first-order valence-electron chi connectivity index (χ1n) is 6.18. The molecule has 0 atom stereocenters. The molecule has 0 bridgehead atoms. The number of hydrogen-bond donors (Lipinski definition) is 1. The second-order valence-corrected chi connectivity index (χ2v) is 5.66. The van der Waals surface area contributed by atoms with Gasteiger partial charge < -0.3 is 10.1 Å². The summed E-state index contributed by atoms with van der Waals surface area (Å²) >= 11 is 2.12. The van der Waals surface area contributed by atoms with E-state index in [-0.39, 0.29) is 5.75 Å². The van der Waals surface area contributed by atoms with Gasteiger partial charge in [-0.15, -0.1) is 0 Å². The number of halogens is 4. The topological polar surface area (TPSA) is 21.3 Å². The van der Waals surface area contributed by atoms with Gasteiger partial charge in [0.1, 0.15) is 11.5 Å². The normalized spacial score (nSPS) is 11.5. The number of nitrogens with one attached hydrogen (secondary N) is 1. The first-order chi connectivity index (χ1) is 9.90. The first kappa shape index (κ1) is 16.1. The van der Waals surface area contributed by atoms with E-state index >= 15 is 0 Å². The highest BCUT2D eigenvalue weighted by atomic mass is 127. The molecule has 0 heterocycles. The van der Waals surface area contributed by atoms with Crippen molar-refractivity contribution in [3.05, 3.63) is 57.2 Å². The highest BCUT2D eigenvalue weighted by Crippen LogP contribution is 2.38. The molecular formula is C15H13F3INO. The Balaban J connectivity index is 2.35. The lowest BCUT2D eigenvalue weighted by atomic mass is 10.1. The second-order valence-electron chi connectivity index (χ2n) is 4.41. The molecule has 0 saturated carbocycles. The lowest BCUT2D eigenvalue weighted by Crippen LogP contribution is -2.10. The van der Waals surface area contributed by atoms with Crippen LogP contribution in [0, 0.1) is 3.57 Å². The van der Waals surface area contributed by atoms with Crippen LogP contribution in [-0.4, -0.2) is 7.05 Å². The van der Waals surface area contributed by atoms with Crippen molar-refractivity contribution < 1.29 is 17.9 Å². The van der Waals surface area contributed by atoms with Crippen LogP contribution in [0.25, 0.3) is 0 Å². The van der Waals surface area contributed by atoms with E-state index in [9.17, 15) is 13.2 Å². The van der Waals surface area contributed by atoms with Crippen molar-refractivity contribution in [2.75, 3.05) is 7.05 Å². The molecule has 0 aliphatic heterocycles. The lowest BCUT2D eigenvalue weighted by Gasteiger charge is -2.15. The average molecular weight is 407 g/mol. The summed E-state index contributed by atoms with van der Waals surface area (Å²) in [5.74, 6) is 0.186. The lowest BCUT2D eigenvalue weighted by molar-refractivity contribution is -0.138. The van der Waals surface area contributed by atoms with Gasteiger partial charge in [-0.25, -0.2) is 0 Å². The van der Waals surface area contributed by atoms with Crippen LogP contribution in [0.1, 0.15) is 11.1 Å². The number of hydrogen-bond acceptors (Lipinski definition) is 2. The van der Waals surface area contributed by atoms with Gasteiger partial charge >= 0.3 is 6.18 Å². The largest absolute Gasteiger partial charge is 0.457 e. The average Bonchev–Trinajstić information content (AvgIpc) is 2.42. The fraction of sp³-hybridized carbons (Fsp3) is 0.200. The van der Waals surface area contributed by atoms with Crippen molar-refractivity contribution in [1.82, 2.24) is 5.32 Å². The van der Waals surface area contributed by atoms with Gasteiger partial charge in [-0.2, -0.15) is 13.2 Å². The van der Waals surface area contributed by atoms with Crippen molar-refractivity contribution >= 4 is 22.6 Å². The molecule has 2 aromatic carbocycles. The van der Waals surface area contributed by atoms with Crippen LogP contribution < -0.4 is 10.1 Å². The molecule has 0 fully saturated rings. The maximum absolute atomic E-state index is 13.1. The molecule has 21 heavy (non-hydrogen) atoms. The summed E-state index contributed by atoms with van der Waals surface area (Å²) in [6.07, 6.45) is -4.46. The highest BCUT2D eigenvalue weighted by molar-refractivity contribution is 14.1. The summed E-state index contributed by atoms with van der Waals surface area (Å²) in [5.41, 5.74) is -0.214. The van der Waals surface area contributed by atoms with Gasteiger partial charge in [0.05, 0.1) is 5.56 Å². The smallest absolute Gasteiger partial charge is 0.419 e. The fourth-order valence-electron chi connectivity index (χ4n) is 1.83. The Morgan fingerprint density at radius 1 is 1.10 bits per heavy atom. The number of rotatable bonds is 4. The standard InChI is InChI=1S/C15H13F3INO/c1-20-9-10-2-7-14(13(8-10)15(16,17)18)21-12-5-3-11(19)4-6-12/h2-8,20H,9H2,1H3. The molecule has 6 heteroatoms. The quantitative estimate of drug-likeness (QED) is 0.734. The Labute approximate surface area is 134 Å². The van der Waals surface area contributed by atoms with Crippen LogP contribution >= 0.6 is 22.6 Å². The van der Waals surface area contributed by atoms with Gasteiger partial charge in [0, 0.05) is 10.1 Å². The third kappa shape index (κ3) is 4.34.